The number of aromatic nitrogens is 2. The molecule has 1 fully saturated rings. The average Bonchev–Trinajstić information content (AvgIpc) is 3.03. The SMILES string of the molecule is Cc1nn(C2CC2)c2cc(C(C)(C)C)ccc12. The molecular formula is C15H20N2. The fraction of sp³-hybridized carbons (Fsp3) is 0.533. The van der Waals surface area contributed by atoms with Crippen molar-refractivity contribution in [1.82, 2.24) is 9.78 Å². The Balaban J connectivity index is 2.23. The third-order valence-electron chi connectivity index (χ3n) is 3.65. The molecule has 1 heterocycles. The minimum atomic E-state index is 0.209. The van der Waals surface area contributed by atoms with E-state index in [2.05, 4.69) is 50.6 Å². The van der Waals surface area contributed by atoms with Gasteiger partial charge < -0.3 is 0 Å². The van der Waals surface area contributed by atoms with Gasteiger partial charge in [0.2, 0.25) is 0 Å². The van der Waals surface area contributed by atoms with Crippen LogP contribution in [0.5, 0.6) is 0 Å². The second-order valence-electron chi connectivity index (χ2n) is 6.24. The molecule has 0 bridgehead atoms. The summed E-state index contributed by atoms with van der Waals surface area (Å²) in [6.07, 6.45) is 2.58. The van der Waals surface area contributed by atoms with E-state index >= 15 is 0 Å². The van der Waals surface area contributed by atoms with Gasteiger partial charge in [-0.25, -0.2) is 0 Å². The molecule has 1 aliphatic carbocycles. The summed E-state index contributed by atoms with van der Waals surface area (Å²) in [5, 5.41) is 6.00. The largest absolute Gasteiger partial charge is 0.262 e. The lowest BCUT2D eigenvalue weighted by Crippen LogP contribution is -2.11. The fourth-order valence-electron chi connectivity index (χ4n) is 2.36. The molecule has 2 aromatic rings. The highest BCUT2D eigenvalue weighted by Crippen LogP contribution is 2.38. The van der Waals surface area contributed by atoms with E-state index < -0.39 is 0 Å². The number of aryl methyl sites for hydroxylation is 1. The van der Waals surface area contributed by atoms with E-state index in [9.17, 15) is 0 Å². The topological polar surface area (TPSA) is 17.8 Å². The molecule has 0 aliphatic heterocycles. The van der Waals surface area contributed by atoms with Crippen molar-refractivity contribution < 1.29 is 0 Å². The van der Waals surface area contributed by atoms with Crippen molar-refractivity contribution in [3.63, 3.8) is 0 Å². The van der Waals surface area contributed by atoms with E-state index in [0.29, 0.717) is 6.04 Å². The number of hydrogen-bond donors (Lipinski definition) is 0. The van der Waals surface area contributed by atoms with Crippen molar-refractivity contribution in [3.8, 4) is 0 Å². The van der Waals surface area contributed by atoms with Crippen LogP contribution in [0.25, 0.3) is 10.9 Å². The monoisotopic (exact) mass is 228 g/mol. The lowest BCUT2D eigenvalue weighted by atomic mass is 9.86. The zero-order chi connectivity index (χ0) is 12.2. The molecule has 2 heteroatoms. The van der Waals surface area contributed by atoms with Crippen LogP contribution in [0.2, 0.25) is 0 Å². The quantitative estimate of drug-likeness (QED) is 0.722. The van der Waals surface area contributed by atoms with Crippen LogP contribution in [0.15, 0.2) is 18.2 Å². The molecule has 1 aromatic heterocycles. The van der Waals surface area contributed by atoms with Crippen LogP contribution in [0.4, 0.5) is 0 Å². The van der Waals surface area contributed by atoms with Gasteiger partial charge in [-0.2, -0.15) is 5.10 Å². The Morgan fingerprint density at radius 1 is 1.24 bits per heavy atom. The van der Waals surface area contributed by atoms with Gasteiger partial charge >= 0.3 is 0 Å². The standard InChI is InChI=1S/C15H20N2/c1-10-13-8-5-11(15(2,3)4)9-14(13)17(16-10)12-6-7-12/h5,8-9,12H,6-7H2,1-4H3. The van der Waals surface area contributed by atoms with Crippen molar-refractivity contribution in [2.24, 2.45) is 0 Å². The Morgan fingerprint density at radius 3 is 2.53 bits per heavy atom. The first kappa shape index (κ1) is 10.8. The van der Waals surface area contributed by atoms with Gasteiger partial charge in [-0.1, -0.05) is 32.9 Å². The van der Waals surface area contributed by atoms with Gasteiger partial charge in [0.25, 0.3) is 0 Å². The summed E-state index contributed by atoms with van der Waals surface area (Å²) in [4.78, 5) is 0. The van der Waals surface area contributed by atoms with Crippen LogP contribution >= 0.6 is 0 Å². The summed E-state index contributed by atoms with van der Waals surface area (Å²) >= 11 is 0. The number of nitrogens with zero attached hydrogens (tertiary/aromatic N) is 2. The lowest BCUT2D eigenvalue weighted by Gasteiger charge is -2.19. The van der Waals surface area contributed by atoms with Crippen LogP contribution < -0.4 is 0 Å². The number of fused-ring (bicyclic) bond motifs is 1. The van der Waals surface area contributed by atoms with E-state index in [1.54, 1.807) is 0 Å². The summed E-state index contributed by atoms with van der Waals surface area (Å²) in [6.45, 7) is 8.90. The van der Waals surface area contributed by atoms with Crippen LogP contribution in [-0.2, 0) is 5.41 Å². The summed E-state index contributed by atoms with van der Waals surface area (Å²) < 4.78 is 2.24. The lowest BCUT2D eigenvalue weighted by molar-refractivity contribution is 0.589. The minimum Gasteiger partial charge on any atom is -0.262 e. The highest BCUT2D eigenvalue weighted by atomic mass is 15.3. The van der Waals surface area contributed by atoms with Crippen LogP contribution in [0.3, 0.4) is 0 Å². The van der Waals surface area contributed by atoms with Crippen molar-refractivity contribution >= 4 is 10.9 Å². The van der Waals surface area contributed by atoms with Crippen LogP contribution in [0, 0.1) is 6.92 Å². The van der Waals surface area contributed by atoms with Gasteiger partial charge in [-0.3, -0.25) is 4.68 Å². The van der Waals surface area contributed by atoms with Gasteiger partial charge in [0.1, 0.15) is 0 Å². The Hall–Kier alpha value is -1.31. The minimum absolute atomic E-state index is 0.209. The molecule has 1 aromatic carbocycles. The third kappa shape index (κ3) is 1.76. The molecule has 0 spiro atoms. The summed E-state index contributed by atoms with van der Waals surface area (Å²) in [5.41, 5.74) is 4.08. The highest BCUT2D eigenvalue weighted by molar-refractivity contribution is 5.83. The smallest absolute Gasteiger partial charge is 0.0691 e. The first-order chi connectivity index (χ1) is 7.97. The van der Waals surface area contributed by atoms with Gasteiger partial charge in [-0.05, 0) is 36.8 Å². The number of benzene rings is 1. The number of hydrogen-bond acceptors (Lipinski definition) is 1. The highest BCUT2D eigenvalue weighted by Gasteiger charge is 2.27. The summed E-state index contributed by atoms with van der Waals surface area (Å²) in [6, 6.07) is 7.46. The van der Waals surface area contributed by atoms with Crippen molar-refractivity contribution in [2.45, 2.75) is 52.0 Å². The molecule has 1 saturated carbocycles. The number of rotatable bonds is 1. The van der Waals surface area contributed by atoms with E-state index in [1.165, 1.54) is 29.3 Å². The summed E-state index contributed by atoms with van der Waals surface area (Å²) in [7, 11) is 0. The third-order valence-corrected chi connectivity index (χ3v) is 3.65. The van der Waals surface area contributed by atoms with E-state index in [0.717, 1.165) is 5.69 Å². The van der Waals surface area contributed by atoms with Gasteiger partial charge in [0.15, 0.2) is 0 Å². The van der Waals surface area contributed by atoms with E-state index in [1.807, 2.05) is 0 Å². The van der Waals surface area contributed by atoms with Crippen molar-refractivity contribution in [3.05, 3.63) is 29.5 Å². The maximum absolute atomic E-state index is 4.69. The van der Waals surface area contributed by atoms with Crippen LogP contribution in [-0.4, -0.2) is 9.78 Å². The molecule has 0 atom stereocenters. The molecule has 2 nitrogen and oxygen atoms in total. The second-order valence-corrected chi connectivity index (χ2v) is 6.24. The predicted octanol–water partition coefficient (Wildman–Crippen LogP) is 3.98. The van der Waals surface area contributed by atoms with Crippen molar-refractivity contribution in [1.29, 1.82) is 0 Å². The Bertz CT molecular complexity index is 568. The Kier molecular flexibility index (Phi) is 2.13. The molecule has 0 radical (unpaired) electrons. The predicted molar refractivity (Wildman–Crippen MR) is 71.4 cm³/mol. The molecule has 1 aliphatic rings. The van der Waals surface area contributed by atoms with E-state index in [4.69, 9.17) is 5.10 Å². The molecule has 0 N–H and O–H groups in total. The van der Waals surface area contributed by atoms with Gasteiger partial charge in [0, 0.05) is 5.39 Å². The van der Waals surface area contributed by atoms with E-state index in [-0.39, 0.29) is 5.41 Å². The molecular weight excluding hydrogens is 208 g/mol. The molecule has 3 rings (SSSR count). The normalized spacial score (nSPS) is 16.7. The van der Waals surface area contributed by atoms with Crippen LogP contribution in [0.1, 0.15) is 50.9 Å². The fourth-order valence-corrected chi connectivity index (χ4v) is 2.36. The maximum atomic E-state index is 4.69. The van der Waals surface area contributed by atoms with Gasteiger partial charge in [0.05, 0.1) is 17.3 Å². The average molecular weight is 228 g/mol. The maximum Gasteiger partial charge on any atom is 0.0691 e. The Labute approximate surface area is 103 Å². The Morgan fingerprint density at radius 2 is 1.94 bits per heavy atom. The van der Waals surface area contributed by atoms with Gasteiger partial charge in [-0.15, -0.1) is 0 Å². The molecule has 0 amide bonds. The zero-order valence-corrected chi connectivity index (χ0v) is 11.1. The molecule has 90 valence electrons. The first-order valence-electron chi connectivity index (χ1n) is 6.46. The summed E-state index contributed by atoms with van der Waals surface area (Å²) in [5.74, 6) is 0. The molecule has 0 unspecified atom stereocenters. The molecule has 17 heavy (non-hydrogen) atoms. The zero-order valence-electron chi connectivity index (χ0n) is 11.1. The first-order valence-corrected chi connectivity index (χ1v) is 6.46. The second kappa shape index (κ2) is 3.34. The molecule has 0 saturated heterocycles. The van der Waals surface area contributed by atoms with Crippen molar-refractivity contribution in [2.75, 3.05) is 0 Å².